The van der Waals surface area contributed by atoms with Crippen molar-refractivity contribution in [2.24, 2.45) is 11.8 Å². The molecule has 3 fully saturated rings. The Morgan fingerprint density at radius 2 is 2.08 bits per heavy atom. The molecule has 0 radical (unpaired) electrons. The zero-order valence-electron chi connectivity index (χ0n) is 15.6. The number of halogens is 1. The fourth-order valence-corrected chi connectivity index (χ4v) is 4.73. The van der Waals surface area contributed by atoms with Gasteiger partial charge in [-0.3, -0.25) is 4.79 Å². The minimum absolute atomic E-state index is 0.0612. The Morgan fingerprint density at radius 3 is 2.73 bits per heavy atom. The number of piperidine rings is 3. The van der Waals surface area contributed by atoms with Crippen molar-refractivity contribution in [2.75, 3.05) is 44.2 Å². The monoisotopic (exact) mass is 377 g/mol. The second kappa shape index (κ2) is 7.28. The van der Waals surface area contributed by atoms with E-state index in [0.29, 0.717) is 34.8 Å². The lowest BCUT2D eigenvalue weighted by molar-refractivity contribution is 0.0618. The number of rotatable bonds is 4. The van der Waals surface area contributed by atoms with Crippen LogP contribution in [0.5, 0.6) is 5.75 Å². The first-order valence-electron chi connectivity index (χ1n) is 9.76. The molecule has 0 saturated carbocycles. The molecule has 4 aliphatic heterocycles. The van der Waals surface area contributed by atoms with Crippen LogP contribution in [0.2, 0.25) is 5.02 Å². The summed E-state index contributed by atoms with van der Waals surface area (Å²) in [5, 5.41) is 3.85. The van der Waals surface area contributed by atoms with Crippen LogP contribution in [0.4, 0.5) is 5.69 Å². The van der Waals surface area contributed by atoms with Gasteiger partial charge in [0.15, 0.2) is 5.75 Å². The lowest BCUT2D eigenvalue weighted by atomic mass is 9.84. The molecular weight excluding hydrogens is 350 g/mol. The molecule has 4 heterocycles. The maximum atomic E-state index is 13.1. The molecular formula is C20H28ClN3O2. The van der Waals surface area contributed by atoms with Gasteiger partial charge < -0.3 is 19.9 Å². The van der Waals surface area contributed by atoms with Crippen LogP contribution < -0.4 is 15.0 Å². The summed E-state index contributed by atoms with van der Waals surface area (Å²) >= 11 is 6.36. The molecule has 4 aliphatic rings. The molecule has 0 spiro atoms. The van der Waals surface area contributed by atoms with E-state index in [0.717, 1.165) is 38.4 Å². The van der Waals surface area contributed by atoms with Gasteiger partial charge in [0.05, 0.1) is 17.8 Å². The first-order valence-corrected chi connectivity index (χ1v) is 10.1. The molecule has 26 heavy (non-hydrogen) atoms. The van der Waals surface area contributed by atoms with Crippen LogP contribution in [0.15, 0.2) is 12.1 Å². The van der Waals surface area contributed by atoms with E-state index in [-0.39, 0.29) is 11.9 Å². The van der Waals surface area contributed by atoms with Crippen LogP contribution in [0.25, 0.3) is 0 Å². The van der Waals surface area contributed by atoms with E-state index in [1.807, 2.05) is 6.07 Å². The lowest BCUT2D eigenvalue weighted by Crippen LogP contribution is -2.57. The third kappa shape index (κ3) is 3.52. The number of ether oxygens (including phenoxy) is 1. The Balaban J connectivity index is 1.58. The summed E-state index contributed by atoms with van der Waals surface area (Å²) in [6, 6.07) is 3.90. The SMILES string of the molecule is CC(C)CN1CCOc2c(C(=O)NC3CN4CCC3CC4)cc(Cl)cc21. The van der Waals surface area contributed by atoms with E-state index >= 15 is 0 Å². The van der Waals surface area contributed by atoms with Gasteiger partial charge in [-0.15, -0.1) is 0 Å². The van der Waals surface area contributed by atoms with Crippen LogP contribution >= 0.6 is 11.6 Å². The fraction of sp³-hybridized carbons (Fsp3) is 0.650. The van der Waals surface area contributed by atoms with Gasteiger partial charge >= 0.3 is 0 Å². The Bertz CT molecular complexity index is 686. The van der Waals surface area contributed by atoms with E-state index in [1.165, 1.54) is 12.8 Å². The largest absolute Gasteiger partial charge is 0.489 e. The van der Waals surface area contributed by atoms with Gasteiger partial charge in [-0.1, -0.05) is 25.4 Å². The molecule has 3 saturated heterocycles. The zero-order valence-corrected chi connectivity index (χ0v) is 16.4. The normalized spacial score (nSPS) is 27.2. The third-order valence-corrected chi connectivity index (χ3v) is 6.00. The van der Waals surface area contributed by atoms with E-state index in [9.17, 15) is 4.79 Å². The molecule has 0 aromatic heterocycles. The van der Waals surface area contributed by atoms with E-state index < -0.39 is 0 Å². The molecule has 1 aromatic carbocycles. The highest BCUT2D eigenvalue weighted by atomic mass is 35.5. The number of nitrogens with zero attached hydrogens (tertiary/aromatic N) is 2. The number of carbonyl (C=O) groups excluding carboxylic acids is 1. The highest BCUT2D eigenvalue weighted by molar-refractivity contribution is 6.31. The standard InChI is InChI=1S/C20H28ClN3O2/c1-13(2)11-24-7-8-26-19-16(9-15(21)10-18(19)24)20(25)22-17-12-23-5-3-14(17)4-6-23/h9-10,13-14,17H,3-8,11-12H2,1-2H3,(H,22,25). The van der Waals surface area contributed by atoms with Crippen LogP contribution in [0.3, 0.4) is 0 Å². The predicted octanol–water partition coefficient (Wildman–Crippen LogP) is 3.02. The fourth-order valence-electron chi connectivity index (χ4n) is 4.52. The molecule has 1 aromatic rings. The van der Waals surface area contributed by atoms with Gasteiger partial charge in [0.2, 0.25) is 0 Å². The van der Waals surface area contributed by atoms with E-state index in [4.69, 9.17) is 16.3 Å². The minimum Gasteiger partial charge on any atom is -0.489 e. The van der Waals surface area contributed by atoms with Crippen molar-refractivity contribution in [3.63, 3.8) is 0 Å². The first kappa shape index (κ1) is 17.9. The third-order valence-electron chi connectivity index (χ3n) is 5.79. The molecule has 0 aliphatic carbocycles. The van der Waals surface area contributed by atoms with Crippen molar-refractivity contribution < 1.29 is 9.53 Å². The summed E-state index contributed by atoms with van der Waals surface area (Å²) in [5.74, 6) is 1.75. The average molecular weight is 378 g/mol. The quantitative estimate of drug-likeness (QED) is 0.876. The molecule has 1 N–H and O–H groups in total. The van der Waals surface area contributed by atoms with Crippen molar-refractivity contribution in [3.8, 4) is 5.75 Å². The molecule has 142 valence electrons. The average Bonchev–Trinajstić information content (AvgIpc) is 2.62. The number of amides is 1. The summed E-state index contributed by atoms with van der Waals surface area (Å²) in [6.07, 6.45) is 2.36. The second-order valence-corrected chi connectivity index (χ2v) is 8.64. The summed E-state index contributed by atoms with van der Waals surface area (Å²) in [4.78, 5) is 17.8. The minimum atomic E-state index is -0.0612. The zero-order chi connectivity index (χ0) is 18.3. The number of hydrogen-bond donors (Lipinski definition) is 1. The molecule has 1 unspecified atom stereocenters. The van der Waals surface area contributed by atoms with Crippen LogP contribution in [0, 0.1) is 11.8 Å². The Labute approximate surface area is 160 Å². The molecule has 2 bridgehead atoms. The summed E-state index contributed by atoms with van der Waals surface area (Å²) in [5.41, 5.74) is 1.51. The van der Waals surface area contributed by atoms with Crippen molar-refractivity contribution in [1.29, 1.82) is 0 Å². The molecule has 1 amide bonds. The van der Waals surface area contributed by atoms with Crippen molar-refractivity contribution in [3.05, 3.63) is 22.7 Å². The number of nitrogens with one attached hydrogen (secondary N) is 1. The summed E-state index contributed by atoms with van der Waals surface area (Å²) in [7, 11) is 0. The van der Waals surface area contributed by atoms with Gasteiger partial charge in [-0.05, 0) is 49.9 Å². The molecule has 5 rings (SSSR count). The highest BCUT2D eigenvalue weighted by Gasteiger charge is 2.36. The van der Waals surface area contributed by atoms with Gasteiger partial charge in [0.1, 0.15) is 6.61 Å². The highest BCUT2D eigenvalue weighted by Crippen LogP contribution is 2.38. The Kier molecular flexibility index (Phi) is 5.02. The van der Waals surface area contributed by atoms with Gasteiger partial charge in [-0.25, -0.2) is 0 Å². The van der Waals surface area contributed by atoms with Crippen LogP contribution in [0.1, 0.15) is 37.0 Å². The Hall–Kier alpha value is -1.46. The summed E-state index contributed by atoms with van der Waals surface area (Å²) in [6.45, 7) is 10.0. The van der Waals surface area contributed by atoms with E-state index in [1.54, 1.807) is 6.07 Å². The smallest absolute Gasteiger partial charge is 0.255 e. The molecule has 1 atom stereocenters. The number of fused-ring (bicyclic) bond motifs is 4. The van der Waals surface area contributed by atoms with Crippen molar-refractivity contribution >= 4 is 23.2 Å². The van der Waals surface area contributed by atoms with Gasteiger partial charge in [0.25, 0.3) is 5.91 Å². The van der Waals surface area contributed by atoms with Gasteiger partial charge in [-0.2, -0.15) is 0 Å². The van der Waals surface area contributed by atoms with Crippen molar-refractivity contribution in [2.45, 2.75) is 32.7 Å². The number of anilines is 1. The lowest BCUT2D eigenvalue weighted by Gasteiger charge is -2.45. The Morgan fingerprint density at radius 1 is 1.31 bits per heavy atom. The molecule has 5 nitrogen and oxygen atoms in total. The second-order valence-electron chi connectivity index (χ2n) is 8.21. The first-order chi connectivity index (χ1) is 12.5. The number of carbonyl (C=O) groups is 1. The predicted molar refractivity (Wildman–Crippen MR) is 104 cm³/mol. The number of benzene rings is 1. The molecule has 6 heteroatoms. The van der Waals surface area contributed by atoms with Crippen molar-refractivity contribution in [1.82, 2.24) is 10.2 Å². The topological polar surface area (TPSA) is 44.8 Å². The summed E-state index contributed by atoms with van der Waals surface area (Å²) < 4.78 is 5.92. The van der Waals surface area contributed by atoms with Gasteiger partial charge in [0, 0.05) is 24.2 Å². The van der Waals surface area contributed by atoms with Crippen LogP contribution in [-0.4, -0.2) is 56.2 Å². The van der Waals surface area contributed by atoms with E-state index in [2.05, 4.69) is 29.0 Å². The van der Waals surface area contributed by atoms with Crippen LogP contribution in [-0.2, 0) is 0 Å². The maximum Gasteiger partial charge on any atom is 0.255 e. The maximum absolute atomic E-state index is 13.1. The number of hydrogen-bond acceptors (Lipinski definition) is 4.